The van der Waals surface area contributed by atoms with Crippen LogP contribution in [0.15, 0.2) is 30.3 Å². The Hall–Kier alpha value is -2.58. The third-order valence-electron chi connectivity index (χ3n) is 5.38. The number of nitrogens with zero attached hydrogens (tertiary/aromatic N) is 1. The first-order chi connectivity index (χ1) is 13.3. The summed E-state index contributed by atoms with van der Waals surface area (Å²) < 4.78 is 5.13. The minimum Gasteiger partial charge on any atom is -0.497 e. The second kappa shape index (κ2) is 8.20. The van der Waals surface area contributed by atoms with Crippen molar-refractivity contribution in [3.05, 3.63) is 51.9 Å². The molecule has 0 unspecified atom stereocenters. The number of anilines is 1. The number of amides is 1. The van der Waals surface area contributed by atoms with Gasteiger partial charge in [-0.15, -0.1) is 11.3 Å². The standard InChI is InChI=1S/C23H26N2O2S/c1-23(2,3)16-8-11-18-19(14-24)22(28-20(18)13-16)25-21(26)12-7-15-5-9-17(27-4)10-6-15/h5-7,9-10,12,16H,8,11,13H2,1-4H3,(H,25,26)/b12-7+/t16-/m0/s1. The number of hydrogen-bond donors (Lipinski definition) is 1. The molecule has 1 atom stereocenters. The molecule has 0 bridgehead atoms. The summed E-state index contributed by atoms with van der Waals surface area (Å²) in [6, 6.07) is 9.79. The second-order valence-corrected chi connectivity index (χ2v) is 9.33. The minimum absolute atomic E-state index is 0.224. The summed E-state index contributed by atoms with van der Waals surface area (Å²) in [6.45, 7) is 6.82. The molecule has 3 rings (SSSR count). The first kappa shape index (κ1) is 20.2. The van der Waals surface area contributed by atoms with Crippen molar-refractivity contribution in [1.29, 1.82) is 5.26 Å². The number of carbonyl (C=O) groups excluding carboxylic acids is 1. The Morgan fingerprint density at radius 1 is 1.32 bits per heavy atom. The zero-order chi connectivity index (χ0) is 20.3. The summed E-state index contributed by atoms with van der Waals surface area (Å²) in [5.41, 5.74) is 2.93. The number of hydrogen-bond acceptors (Lipinski definition) is 4. The van der Waals surface area contributed by atoms with Gasteiger partial charge in [0.1, 0.15) is 16.8 Å². The summed E-state index contributed by atoms with van der Waals surface area (Å²) in [7, 11) is 1.62. The Bertz CT molecular complexity index is 927. The summed E-state index contributed by atoms with van der Waals surface area (Å²) in [6.07, 6.45) is 6.24. The smallest absolute Gasteiger partial charge is 0.249 e. The summed E-state index contributed by atoms with van der Waals surface area (Å²) in [5, 5.41) is 13.2. The molecule has 0 aliphatic heterocycles. The average Bonchev–Trinajstić information content (AvgIpc) is 3.02. The van der Waals surface area contributed by atoms with Crippen molar-refractivity contribution in [1.82, 2.24) is 0 Å². The highest BCUT2D eigenvalue weighted by Gasteiger charge is 2.32. The monoisotopic (exact) mass is 394 g/mol. The van der Waals surface area contributed by atoms with Crippen molar-refractivity contribution >= 4 is 28.3 Å². The SMILES string of the molecule is COc1ccc(/C=C/C(=O)Nc2sc3c(c2C#N)CC[C@H](C(C)(C)C)C3)cc1. The molecule has 0 fully saturated rings. The molecule has 1 heterocycles. The second-order valence-electron chi connectivity index (χ2n) is 8.22. The molecule has 0 radical (unpaired) electrons. The van der Waals surface area contributed by atoms with E-state index in [9.17, 15) is 10.1 Å². The molecule has 0 saturated heterocycles. The highest BCUT2D eigenvalue weighted by atomic mass is 32.1. The maximum Gasteiger partial charge on any atom is 0.249 e. The van der Waals surface area contributed by atoms with Crippen molar-refractivity contribution in [2.75, 3.05) is 12.4 Å². The van der Waals surface area contributed by atoms with Crippen molar-refractivity contribution < 1.29 is 9.53 Å². The van der Waals surface area contributed by atoms with Gasteiger partial charge in [-0.25, -0.2) is 0 Å². The topological polar surface area (TPSA) is 62.1 Å². The molecule has 28 heavy (non-hydrogen) atoms. The van der Waals surface area contributed by atoms with E-state index in [2.05, 4.69) is 32.2 Å². The lowest BCUT2D eigenvalue weighted by Crippen LogP contribution is -2.26. The Labute approximate surface area is 170 Å². The summed E-state index contributed by atoms with van der Waals surface area (Å²) >= 11 is 1.56. The van der Waals surface area contributed by atoms with Gasteiger partial charge in [-0.05, 0) is 59.9 Å². The lowest BCUT2D eigenvalue weighted by atomic mass is 9.72. The molecule has 1 aromatic heterocycles. The highest BCUT2D eigenvalue weighted by Crippen LogP contribution is 2.43. The number of methoxy groups -OCH3 is 1. The van der Waals surface area contributed by atoms with Crippen LogP contribution >= 0.6 is 11.3 Å². The largest absolute Gasteiger partial charge is 0.497 e. The first-order valence-corrected chi connectivity index (χ1v) is 10.3. The lowest BCUT2D eigenvalue weighted by molar-refractivity contribution is -0.111. The molecule has 0 saturated carbocycles. The highest BCUT2D eigenvalue weighted by molar-refractivity contribution is 7.16. The van der Waals surface area contributed by atoms with Crippen molar-refractivity contribution in [3.63, 3.8) is 0 Å². The Morgan fingerprint density at radius 2 is 2.04 bits per heavy atom. The predicted octanol–water partition coefficient (Wildman–Crippen LogP) is 5.43. The number of rotatable bonds is 4. The number of benzene rings is 1. The molecule has 5 heteroatoms. The number of thiophene rings is 1. The van der Waals surface area contributed by atoms with E-state index in [1.54, 1.807) is 24.5 Å². The van der Waals surface area contributed by atoms with E-state index < -0.39 is 0 Å². The molecule has 2 aromatic rings. The third-order valence-corrected chi connectivity index (χ3v) is 6.55. The zero-order valence-corrected chi connectivity index (χ0v) is 17.7. The van der Waals surface area contributed by atoms with Crippen molar-refractivity contribution in [2.24, 2.45) is 11.3 Å². The van der Waals surface area contributed by atoms with E-state index in [0.717, 1.165) is 36.1 Å². The van der Waals surface area contributed by atoms with Gasteiger partial charge >= 0.3 is 0 Å². The molecule has 1 aliphatic rings. The number of nitrogens with one attached hydrogen (secondary N) is 1. The van der Waals surface area contributed by atoms with E-state index >= 15 is 0 Å². The Morgan fingerprint density at radius 3 is 2.64 bits per heavy atom. The molecule has 1 aromatic carbocycles. The molecule has 1 amide bonds. The molecule has 1 N–H and O–H groups in total. The van der Waals surface area contributed by atoms with Gasteiger partial charge in [-0.2, -0.15) is 5.26 Å². The fourth-order valence-corrected chi connectivity index (χ4v) is 4.85. The molecule has 0 spiro atoms. The van der Waals surface area contributed by atoms with E-state index in [0.29, 0.717) is 16.5 Å². The molecule has 1 aliphatic carbocycles. The van der Waals surface area contributed by atoms with Crippen LogP contribution in [-0.4, -0.2) is 13.0 Å². The van der Waals surface area contributed by atoms with E-state index in [4.69, 9.17) is 4.74 Å². The van der Waals surface area contributed by atoms with E-state index in [1.807, 2.05) is 24.3 Å². The zero-order valence-electron chi connectivity index (χ0n) is 16.8. The van der Waals surface area contributed by atoms with Gasteiger partial charge in [0.15, 0.2) is 0 Å². The van der Waals surface area contributed by atoms with Crippen LogP contribution < -0.4 is 10.1 Å². The van der Waals surface area contributed by atoms with Crippen molar-refractivity contribution in [3.8, 4) is 11.8 Å². The van der Waals surface area contributed by atoms with E-state index in [1.165, 1.54) is 11.0 Å². The summed E-state index contributed by atoms with van der Waals surface area (Å²) in [4.78, 5) is 13.6. The Balaban J connectivity index is 1.73. The number of fused-ring (bicyclic) bond motifs is 1. The minimum atomic E-state index is -0.224. The molecular formula is C23H26N2O2S. The Kier molecular flexibility index (Phi) is 5.90. The molecule has 146 valence electrons. The third kappa shape index (κ3) is 4.45. The van der Waals surface area contributed by atoms with Gasteiger partial charge in [0.2, 0.25) is 5.91 Å². The fourth-order valence-electron chi connectivity index (χ4n) is 3.57. The summed E-state index contributed by atoms with van der Waals surface area (Å²) in [5.74, 6) is 1.15. The predicted molar refractivity (Wildman–Crippen MR) is 115 cm³/mol. The fraction of sp³-hybridized carbons (Fsp3) is 0.391. The molecule has 4 nitrogen and oxygen atoms in total. The van der Waals surface area contributed by atoms with Gasteiger partial charge < -0.3 is 10.1 Å². The van der Waals surface area contributed by atoms with Gasteiger partial charge in [0.25, 0.3) is 0 Å². The normalized spacial score (nSPS) is 16.5. The van der Waals surface area contributed by atoms with E-state index in [-0.39, 0.29) is 11.3 Å². The van der Waals surface area contributed by atoms with Crippen LogP contribution in [0.4, 0.5) is 5.00 Å². The quantitative estimate of drug-likeness (QED) is 0.703. The van der Waals surface area contributed by atoms with Crippen LogP contribution in [0.3, 0.4) is 0 Å². The van der Waals surface area contributed by atoms with Gasteiger partial charge in [0, 0.05) is 11.0 Å². The lowest BCUT2D eigenvalue weighted by Gasteiger charge is -2.33. The van der Waals surface area contributed by atoms with Gasteiger partial charge in [0.05, 0.1) is 12.7 Å². The number of ether oxygens (including phenoxy) is 1. The number of nitriles is 1. The average molecular weight is 395 g/mol. The van der Waals surface area contributed by atoms with Crippen LogP contribution in [0.2, 0.25) is 0 Å². The van der Waals surface area contributed by atoms with Crippen molar-refractivity contribution in [2.45, 2.75) is 40.0 Å². The molecular weight excluding hydrogens is 368 g/mol. The van der Waals surface area contributed by atoms with Crippen LogP contribution in [-0.2, 0) is 17.6 Å². The number of carbonyl (C=O) groups is 1. The van der Waals surface area contributed by atoms with Gasteiger partial charge in [-0.3, -0.25) is 4.79 Å². The van der Waals surface area contributed by atoms with Crippen LogP contribution in [0.25, 0.3) is 6.08 Å². The van der Waals surface area contributed by atoms with Crippen LogP contribution in [0.1, 0.15) is 48.8 Å². The maximum atomic E-state index is 12.4. The maximum absolute atomic E-state index is 12.4. The van der Waals surface area contributed by atoms with Gasteiger partial charge in [-0.1, -0.05) is 32.9 Å². The van der Waals surface area contributed by atoms with Crippen LogP contribution in [0.5, 0.6) is 5.75 Å². The van der Waals surface area contributed by atoms with Crippen LogP contribution in [0, 0.1) is 22.7 Å². The first-order valence-electron chi connectivity index (χ1n) is 9.49.